The van der Waals surface area contributed by atoms with Gasteiger partial charge in [0, 0.05) is 18.2 Å². The molecule has 0 spiro atoms. The molecule has 30 heavy (non-hydrogen) atoms. The zero-order chi connectivity index (χ0) is 23.3. The van der Waals surface area contributed by atoms with Crippen LogP contribution in [0.3, 0.4) is 0 Å². The number of carbonyl (C=O) groups is 4. The van der Waals surface area contributed by atoms with E-state index in [1.807, 2.05) is 0 Å². The molecule has 164 valence electrons. The molecule has 0 saturated carbocycles. The van der Waals surface area contributed by atoms with Crippen LogP contribution in [0.5, 0.6) is 0 Å². The third-order valence-electron chi connectivity index (χ3n) is 3.45. The smallest absolute Gasteiger partial charge is 0.386 e. The number of carbonyl (C=O) groups excluding carboxylic acids is 4. The summed E-state index contributed by atoms with van der Waals surface area (Å²) in [5, 5.41) is 0.769. The van der Waals surface area contributed by atoms with Gasteiger partial charge in [-0.2, -0.15) is 11.5 Å². The van der Waals surface area contributed by atoms with Crippen molar-refractivity contribution in [2.75, 3.05) is 19.6 Å². The number of rotatable bonds is 12. The fourth-order valence-corrected chi connectivity index (χ4v) is 2.27. The summed E-state index contributed by atoms with van der Waals surface area (Å²) < 4.78 is 15.1. The van der Waals surface area contributed by atoms with Crippen molar-refractivity contribution in [1.82, 2.24) is 9.91 Å². The summed E-state index contributed by atoms with van der Waals surface area (Å²) in [7, 11) is 0. The van der Waals surface area contributed by atoms with Crippen LogP contribution in [0.1, 0.15) is 20.8 Å². The lowest BCUT2D eigenvalue weighted by atomic mass is 10.3. The van der Waals surface area contributed by atoms with Gasteiger partial charge in [-0.15, -0.1) is 0 Å². The maximum atomic E-state index is 12.9. The average molecular weight is 421 g/mol. The van der Waals surface area contributed by atoms with E-state index in [4.69, 9.17) is 20.8 Å². The third-order valence-corrected chi connectivity index (χ3v) is 3.45. The van der Waals surface area contributed by atoms with Gasteiger partial charge in [-0.1, -0.05) is 19.7 Å². The van der Waals surface area contributed by atoms with Gasteiger partial charge in [0.05, 0.1) is 13.1 Å². The van der Waals surface area contributed by atoms with E-state index in [2.05, 4.69) is 24.7 Å². The summed E-state index contributed by atoms with van der Waals surface area (Å²) in [5.41, 5.74) is 0. The Morgan fingerprint density at radius 3 is 1.43 bits per heavy atom. The molecule has 0 saturated heterocycles. The summed E-state index contributed by atoms with van der Waals surface area (Å²) >= 11 is 0. The van der Waals surface area contributed by atoms with Gasteiger partial charge < -0.3 is 19.1 Å². The average Bonchev–Trinajstić information content (AvgIpc) is 2.70. The molecule has 3 atom stereocenters. The second kappa shape index (κ2) is 13.5. The molecular weight excluding hydrogens is 394 g/mol. The fraction of sp³-hybridized carbons (Fsp3) is 0.450. The minimum Gasteiger partial charge on any atom is -0.458 e. The molecule has 2 amide bonds. The Kier molecular flexibility index (Phi) is 11.9. The topological polar surface area (TPSA) is 107 Å². The van der Waals surface area contributed by atoms with E-state index in [-0.39, 0.29) is 19.6 Å². The summed E-state index contributed by atoms with van der Waals surface area (Å²) in [5.74, 6) is -2.03. The Labute approximate surface area is 176 Å². The lowest BCUT2D eigenvalue weighted by molar-refractivity contribution is -0.144. The van der Waals surface area contributed by atoms with Gasteiger partial charge in [-0.3, -0.25) is 0 Å². The van der Waals surface area contributed by atoms with Crippen LogP contribution >= 0.6 is 0 Å². The number of urea groups is 1. The van der Waals surface area contributed by atoms with Crippen LogP contribution in [0.15, 0.2) is 38.0 Å². The first kappa shape index (κ1) is 26.4. The molecule has 0 aromatic rings. The summed E-state index contributed by atoms with van der Waals surface area (Å²) in [6, 6.07) is -0.741. The molecule has 0 fully saturated rings. The molecule has 0 rings (SSSR count). The molecular formula is C20H27N3O7. The molecule has 0 aromatic heterocycles. The van der Waals surface area contributed by atoms with E-state index in [1.54, 1.807) is 13.8 Å². The molecule has 0 heterocycles. The third kappa shape index (κ3) is 10.1. The highest BCUT2D eigenvalue weighted by Crippen LogP contribution is 2.09. The molecule has 10 nitrogen and oxygen atoms in total. The highest BCUT2D eigenvalue weighted by Gasteiger charge is 2.31. The van der Waals surface area contributed by atoms with Crippen LogP contribution < -0.4 is 0 Å². The summed E-state index contributed by atoms with van der Waals surface area (Å²) in [6.07, 6.45) is 0.701. The summed E-state index contributed by atoms with van der Waals surface area (Å²) in [6.45, 7) is 21.4. The number of ether oxygens (including phenoxy) is 3. The van der Waals surface area contributed by atoms with E-state index >= 15 is 0 Å². The largest absolute Gasteiger partial charge is 0.458 e. The van der Waals surface area contributed by atoms with E-state index in [0.29, 0.717) is 0 Å². The number of esters is 3. The van der Waals surface area contributed by atoms with Gasteiger partial charge >= 0.3 is 23.9 Å². The Hall–Kier alpha value is -3.61. The molecule has 0 aromatic carbocycles. The van der Waals surface area contributed by atoms with Crippen molar-refractivity contribution < 1.29 is 33.4 Å². The van der Waals surface area contributed by atoms with Crippen LogP contribution in [0.4, 0.5) is 4.79 Å². The molecule has 0 aliphatic carbocycles. The predicted molar refractivity (Wildman–Crippen MR) is 108 cm³/mol. The van der Waals surface area contributed by atoms with Crippen LogP contribution in [-0.4, -0.2) is 71.8 Å². The molecule has 0 radical (unpaired) electrons. The van der Waals surface area contributed by atoms with Gasteiger partial charge in [-0.05, 0) is 25.8 Å². The summed E-state index contributed by atoms with van der Waals surface area (Å²) in [4.78, 5) is 51.4. The highest BCUT2D eigenvalue weighted by atomic mass is 16.6. The predicted octanol–water partition coefficient (Wildman–Crippen LogP) is 1.90. The number of hydrogen-bond acceptors (Lipinski definition) is 7. The Morgan fingerprint density at radius 1 is 0.800 bits per heavy atom. The number of nitrogens with zero attached hydrogens (tertiary/aromatic N) is 3. The maximum absolute atomic E-state index is 12.9. The van der Waals surface area contributed by atoms with Gasteiger partial charge in [0.25, 0.3) is 0 Å². The van der Waals surface area contributed by atoms with Gasteiger partial charge in [0.15, 0.2) is 0 Å². The molecule has 3 unspecified atom stereocenters. The Morgan fingerprint density at radius 2 is 1.13 bits per heavy atom. The maximum Gasteiger partial charge on any atom is 0.386 e. The van der Waals surface area contributed by atoms with Crippen molar-refractivity contribution in [3.8, 4) is 0 Å². The highest BCUT2D eigenvalue weighted by molar-refractivity contribution is 5.82. The second-order valence-electron chi connectivity index (χ2n) is 6.22. The minimum absolute atomic E-state index is 0.0821. The first-order chi connectivity index (χ1) is 14.1. The lowest BCUT2D eigenvalue weighted by Crippen LogP contribution is -2.48. The zero-order valence-corrected chi connectivity index (χ0v) is 17.4. The Balaban J connectivity index is 5.39. The molecule has 0 bridgehead atoms. The fourth-order valence-electron chi connectivity index (χ4n) is 2.27. The molecule has 0 aliphatic heterocycles. The number of hydrogen-bond donors (Lipinski definition) is 0. The second-order valence-corrected chi connectivity index (χ2v) is 6.22. The van der Waals surface area contributed by atoms with Crippen molar-refractivity contribution >= 4 is 23.9 Å². The van der Waals surface area contributed by atoms with Crippen LogP contribution in [-0.2, 0) is 28.6 Å². The van der Waals surface area contributed by atoms with Crippen molar-refractivity contribution in [2.45, 2.75) is 39.1 Å². The van der Waals surface area contributed by atoms with Crippen LogP contribution in [0.2, 0.25) is 0 Å². The van der Waals surface area contributed by atoms with Crippen LogP contribution in [0, 0.1) is 6.57 Å². The van der Waals surface area contributed by atoms with Crippen molar-refractivity contribution in [2.24, 2.45) is 0 Å². The van der Waals surface area contributed by atoms with Crippen molar-refractivity contribution in [3.63, 3.8) is 0 Å². The van der Waals surface area contributed by atoms with Gasteiger partial charge in [0.1, 0.15) is 24.9 Å². The SMILES string of the molecule is [C-]#[N+]N(CC(C)OC(=O)C=C)C(=O)N(CC(C)OC(=O)C=C)CC(C)OC(=O)C=C. The van der Waals surface area contributed by atoms with E-state index in [0.717, 1.165) is 23.2 Å². The normalized spacial score (nSPS) is 12.7. The quantitative estimate of drug-likeness (QED) is 0.156. The van der Waals surface area contributed by atoms with Crippen molar-refractivity contribution in [3.05, 3.63) is 49.5 Å². The van der Waals surface area contributed by atoms with E-state index in [1.165, 1.54) is 11.8 Å². The molecule has 0 N–H and O–H groups in total. The van der Waals surface area contributed by atoms with E-state index < -0.39 is 42.3 Å². The van der Waals surface area contributed by atoms with Gasteiger partial charge in [0.2, 0.25) is 0 Å². The van der Waals surface area contributed by atoms with Crippen molar-refractivity contribution in [1.29, 1.82) is 0 Å². The minimum atomic E-state index is -0.776. The van der Waals surface area contributed by atoms with Gasteiger partial charge in [-0.25, -0.2) is 19.2 Å². The standard InChI is InChI=1S/C20H27N3O7/c1-8-17(24)28-14(4)11-22(12-15(5)29-18(25)9-2)20(27)23(21-7)13-16(6)30-19(26)10-3/h8-10,14-16H,1-3,11-13H2,4-6H3. The lowest BCUT2D eigenvalue weighted by Gasteiger charge is -2.29. The first-order valence-corrected chi connectivity index (χ1v) is 9.00. The first-order valence-electron chi connectivity index (χ1n) is 9.00. The number of amides is 2. The van der Waals surface area contributed by atoms with Crippen LogP contribution in [0.25, 0.3) is 4.95 Å². The zero-order valence-electron chi connectivity index (χ0n) is 17.4. The molecule has 10 heteroatoms. The molecule has 0 aliphatic rings. The monoisotopic (exact) mass is 421 g/mol. The van der Waals surface area contributed by atoms with E-state index in [9.17, 15) is 19.2 Å². The Bertz CT molecular complexity index is 684.